The zero-order valence-electron chi connectivity index (χ0n) is 39.5. The van der Waals surface area contributed by atoms with Crippen molar-refractivity contribution < 1.29 is 43.2 Å². The summed E-state index contributed by atoms with van der Waals surface area (Å²) >= 11 is 0. The maximum Gasteiger partial charge on any atom is 0.412 e. The van der Waals surface area contributed by atoms with E-state index in [1.165, 1.54) is 60.6 Å². The molecule has 0 bridgehead atoms. The largest absolute Gasteiger partial charge is 0.480 e. The lowest BCUT2D eigenvalue weighted by atomic mass is 9.95. The Balaban J connectivity index is 0.000000218. The van der Waals surface area contributed by atoms with Crippen molar-refractivity contribution in [2.75, 3.05) is 56.5 Å². The molecule has 0 aliphatic carbocycles. The number of aromatic nitrogens is 4. The van der Waals surface area contributed by atoms with Crippen LogP contribution in [0.25, 0.3) is 0 Å². The molecule has 19 heteroatoms. The van der Waals surface area contributed by atoms with Gasteiger partial charge in [-0.05, 0) is 126 Å². The molecule has 2 amide bonds. The highest BCUT2D eigenvalue weighted by atomic mass is 16.6. The van der Waals surface area contributed by atoms with Crippen LogP contribution < -0.4 is 47.2 Å². The third kappa shape index (κ3) is 13.8. The average Bonchev–Trinajstić information content (AvgIpc) is 3.20. The molecular formula is C45H65N9O10. The van der Waals surface area contributed by atoms with E-state index >= 15 is 0 Å². The summed E-state index contributed by atoms with van der Waals surface area (Å²) in [5.41, 5.74) is 16.0. The Kier molecular flexibility index (Phi) is 17.6. The molecule has 4 aromatic heterocycles. The maximum absolute atomic E-state index is 11.6. The molecule has 19 nitrogen and oxygen atoms in total. The van der Waals surface area contributed by atoms with Crippen LogP contribution in [0.2, 0.25) is 0 Å². The number of carbonyl (C=O) groups is 3. The van der Waals surface area contributed by atoms with E-state index in [4.69, 9.17) is 35.2 Å². The molecule has 0 radical (unpaired) electrons. The first-order valence-electron chi connectivity index (χ1n) is 20.6. The second-order valence-electron chi connectivity index (χ2n) is 16.7. The summed E-state index contributed by atoms with van der Waals surface area (Å²) in [6.45, 7) is 21.8. The molecule has 4 aromatic rings. The predicted molar refractivity (Wildman–Crippen MR) is 245 cm³/mol. The minimum atomic E-state index is -0.981. The molecule has 0 unspecified atom stereocenters. The van der Waals surface area contributed by atoms with Crippen LogP contribution in [0.3, 0.4) is 0 Å². The number of anilines is 4. The number of pyridine rings is 4. The first-order valence-corrected chi connectivity index (χ1v) is 20.6. The Morgan fingerprint density at radius 3 is 1.61 bits per heavy atom. The Hall–Kier alpha value is -6.47. The van der Waals surface area contributed by atoms with E-state index in [1.54, 1.807) is 59.7 Å². The number of ketones is 1. The fourth-order valence-corrected chi connectivity index (χ4v) is 6.72. The number of aliphatic hydroxyl groups is 1. The number of piperidine rings is 1. The summed E-state index contributed by atoms with van der Waals surface area (Å²) in [6, 6.07) is 7.10. The molecule has 1 fully saturated rings. The molecule has 0 spiro atoms. The van der Waals surface area contributed by atoms with E-state index in [9.17, 15) is 24.3 Å². The van der Waals surface area contributed by atoms with Gasteiger partial charge in [-0.25, -0.2) is 24.5 Å². The molecule has 7 heterocycles. The number of cyclic esters (lactones) is 2. The van der Waals surface area contributed by atoms with Crippen LogP contribution >= 0.6 is 0 Å². The molecular weight excluding hydrogens is 827 g/mol. The first-order chi connectivity index (χ1) is 29.8. The van der Waals surface area contributed by atoms with Crippen LogP contribution in [0, 0.1) is 27.7 Å². The fourth-order valence-electron chi connectivity index (χ4n) is 6.72. The number of nitrogens with zero attached hydrogens (tertiary/aromatic N) is 3. The van der Waals surface area contributed by atoms with E-state index in [-0.39, 0.29) is 17.0 Å². The van der Waals surface area contributed by atoms with Gasteiger partial charge in [0.05, 0.1) is 26.9 Å². The highest BCUT2D eigenvalue weighted by Crippen LogP contribution is 2.40. The van der Waals surface area contributed by atoms with Gasteiger partial charge < -0.3 is 50.6 Å². The molecule has 3 aliphatic heterocycles. The van der Waals surface area contributed by atoms with Crippen molar-refractivity contribution in [2.24, 2.45) is 0 Å². The number of hydrogen-bond acceptors (Lipinski definition) is 16. The monoisotopic (exact) mass is 891 g/mol. The number of methoxy groups -OCH3 is 3. The van der Waals surface area contributed by atoms with Gasteiger partial charge in [-0.3, -0.25) is 20.2 Å². The SMILES string of the molecule is C1CCNCC1.COc1nc(C)cc(C(C)(C)O)c1N.COc1nc(C)cc(C(C)=O)c1N.COc1nc(C)cc2c1NC(=O)OC2(C)C.Cc1cc2c(c(=O)[nH]1)NC(=O)OC2(C)C. The second kappa shape index (κ2) is 21.7. The molecule has 1 saturated heterocycles. The molecule has 0 aromatic carbocycles. The number of nitrogens with one attached hydrogen (secondary N) is 4. The van der Waals surface area contributed by atoms with Gasteiger partial charge in [0.2, 0.25) is 17.6 Å². The number of H-pyrrole nitrogens is 1. The molecule has 9 N–H and O–H groups in total. The molecule has 350 valence electrons. The summed E-state index contributed by atoms with van der Waals surface area (Å²) in [5, 5.41) is 18.2. The third-order valence-corrected chi connectivity index (χ3v) is 9.86. The number of ether oxygens (including phenoxy) is 5. The van der Waals surface area contributed by atoms with Gasteiger partial charge in [-0.1, -0.05) is 6.42 Å². The minimum absolute atomic E-state index is 0.0821. The zero-order chi connectivity index (χ0) is 48.3. The number of nitrogen functional groups attached to an aromatic ring is 2. The van der Waals surface area contributed by atoms with Gasteiger partial charge in [-0.2, -0.15) is 0 Å². The fraction of sp³-hybridized carbons (Fsp3) is 0.489. The number of amides is 2. The van der Waals surface area contributed by atoms with E-state index in [2.05, 4.69) is 35.9 Å². The minimum Gasteiger partial charge on any atom is -0.480 e. The highest BCUT2D eigenvalue weighted by molar-refractivity contribution is 6.00. The summed E-state index contributed by atoms with van der Waals surface area (Å²) in [5.74, 6) is 1.01. The predicted octanol–water partition coefficient (Wildman–Crippen LogP) is 6.83. The van der Waals surface area contributed by atoms with Gasteiger partial charge in [0.1, 0.15) is 34.0 Å². The number of Topliss-reactive ketones (excluding diaryl/α,β-unsaturated/α-hetero) is 1. The maximum atomic E-state index is 11.6. The molecule has 64 heavy (non-hydrogen) atoms. The number of nitrogens with two attached hydrogens (primary N) is 2. The molecule has 0 saturated carbocycles. The van der Waals surface area contributed by atoms with Crippen LogP contribution in [0.5, 0.6) is 17.6 Å². The van der Waals surface area contributed by atoms with Gasteiger partial charge in [0.15, 0.2) is 5.78 Å². The van der Waals surface area contributed by atoms with Crippen LogP contribution in [0.4, 0.5) is 32.3 Å². The summed E-state index contributed by atoms with van der Waals surface area (Å²) in [4.78, 5) is 60.3. The number of hydrogen-bond donors (Lipinski definition) is 7. The lowest BCUT2D eigenvalue weighted by molar-refractivity contribution is 0.0407. The topological polar surface area (TPSA) is 277 Å². The quantitative estimate of drug-likeness (QED) is 0.101. The van der Waals surface area contributed by atoms with Gasteiger partial charge >= 0.3 is 12.2 Å². The summed E-state index contributed by atoms with van der Waals surface area (Å²) in [7, 11) is 4.50. The average molecular weight is 892 g/mol. The standard InChI is InChI=1S/C11H14N2O3.C10H12N2O3.C10H16N2O2.C9H12N2O2.C5H11N/c1-6-5-7-8(9(12-6)15-4)13-10(14)16-11(7,2)3;1-5-4-6-7(8(13)11-5)12-9(14)15-10(6,2)3;1-6-5-7(10(2,3)13)8(11)9(12-6)14-4;1-5-4-7(6(2)12)8(10)9(11-5)13-3;1-2-4-6-5-3-1/h5H,1-4H3,(H,13,14);4H,1-3H3,(H,11,13)(H,12,14);5,13H,11H2,1-4H3;4H,10H2,1-3H3;6H,1-5H2. The Labute approximate surface area is 374 Å². The summed E-state index contributed by atoms with van der Waals surface area (Å²) in [6.07, 6.45) is 3.14. The number of fused-ring (bicyclic) bond motifs is 2. The number of rotatable bonds is 5. The number of carbonyl (C=O) groups excluding carboxylic acids is 3. The van der Waals surface area contributed by atoms with Crippen LogP contribution in [-0.4, -0.2) is 77.4 Å². The first kappa shape index (κ1) is 51.9. The van der Waals surface area contributed by atoms with E-state index in [1.807, 2.05) is 33.8 Å². The van der Waals surface area contributed by atoms with Crippen molar-refractivity contribution in [2.45, 2.75) is 112 Å². The van der Waals surface area contributed by atoms with Crippen LogP contribution in [0.1, 0.15) is 118 Å². The Morgan fingerprint density at radius 2 is 1.16 bits per heavy atom. The van der Waals surface area contributed by atoms with E-state index in [0.29, 0.717) is 51.4 Å². The molecule has 7 rings (SSSR count). The van der Waals surface area contributed by atoms with E-state index < -0.39 is 29.0 Å². The second-order valence-corrected chi connectivity index (χ2v) is 16.7. The van der Waals surface area contributed by atoms with Crippen molar-refractivity contribution in [3.63, 3.8) is 0 Å². The van der Waals surface area contributed by atoms with Crippen LogP contribution in [-0.2, 0) is 26.3 Å². The lowest BCUT2D eigenvalue weighted by Crippen LogP contribution is -2.38. The van der Waals surface area contributed by atoms with Crippen LogP contribution in [0.15, 0.2) is 29.1 Å². The number of aryl methyl sites for hydroxylation is 4. The lowest BCUT2D eigenvalue weighted by Gasteiger charge is -2.33. The van der Waals surface area contributed by atoms with E-state index in [0.717, 1.165) is 28.3 Å². The zero-order valence-corrected chi connectivity index (χ0v) is 39.5. The van der Waals surface area contributed by atoms with Gasteiger partial charge in [0.25, 0.3) is 5.56 Å². The normalized spacial score (nSPS) is 15.2. The van der Waals surface area contributed by atoms with Crippen molar-refractivity contribution in [3.05, 3.63) is 79.6 Å². The number of aromatic amines is 1. The molecule has 3 aliphatic rings. The Morgan fingerprint density at radius 1 is 0.703 bits per heavy atom. The molecule has 0 atom stereocenters. The van der Waals surface area contributed by atoms with Crippen molar-refractivity contribution >= 4 is 40.7 Å². The van der Waals surface area contributed by atoms with Gasteiger partial charge in [-0.15, -0.1) is 0 Å². The van der Waals surface area contributed by atoms with Crippen molar-refractivity contribution in [1.82, 2.24) is 25.3 Å². The summed E-state index contributed by atoms with van der Waals surface area (Å²) < 4.78 is 25.4. The van der Waals surface area contributed by atoms with Crippen molar-refractivity contribution in [1.29, 1.82) is 0 Å². The highest BCUT2D eigenvalue weighted by Gasteiger charge is 2.37. The third-order valence-electron chi connectivity index (χ3n) is 9.86. The Bertz CT molecular complexity index is 2360. The van der Waals surface area contributed by atoms with Gasteiger partial charge in [0, 0.05) is 45.0 Å². The van der Waals surface area contributed by atoms with Crippen molar-refractivity contribution in [3.8, 4) is 17.6 Å². The smallest absolute Gasteiger partial charge is 0.412 e.